The molecular weight excluding hydrogens is 377 g/mol. The van der Waals surface area contributed by atoms with Crippen molar-refractivity contribution < 1.29 is 4.39 Å². The number of benzene rings is 1. The maximum absolute atomic E-state index is 14.2. The van der Waals surface area contributed by atoms with Crippen molar-refractivity contribution >= 4 is 11.3 Å². The summed E-state index contributed by atoms with van der Waals surface area (Å²) in [6.07, 6.45) is 2.14. The summed E-state index contributed by atoms with van der Waals surface area (Å²) >= 11 is 1.51. The van der Waals surface area contributed by atoms with Crippen LogP contribution in [-0.4, -0.2) is 25.0 Å². The van der Waals surface area contributed by atoms with E-state index >= 15 is 0 Å². The minimum Gasteiger partial charge on any atom is -0.267 e. The van der Waals surface area contributed by atoms with Gasteiger partial charge in [0, 0.05) is 11.5 Å². The highest BCUT2D eigenvalue weighted by Gasteiger charge is 2.27. The third kappa shape index (κ3) is 3.16. The Hall–Kier alpha value is -3.13. The lowest BCUT2D eigenvalue weighted by Gasteiger charge is -2.07. The van der Waals surface area contributed by atoms with Crippen LogP contribution >= 0.6 is 11.3 Å². The SMILES string of the molecule is O=c1[nH]nc(C2CC2)cc1-c1nc(-c2cccs2)nn1Cc1ccccc1F. The van der Waals surface area contributed by atoms with E-state index in [-0.39, 0.29) is 17.9 Å². The van der Waals surface area contributed by atoms with Crippen LogP contribution in [0.15, 0.2) is 52.6 Å². The van der Waals surface area contributed by atoms with Gasteiger partial charge in [-0.15, -0.1) is 16.4 Å². The maximum atomic E-state index is 14.2. The van der Waals surface area contributed by atoms with Crippen molar-refractivity contribution in [1.29, 1.82) is 0 Å². The van der Waals surface area contributed by atoms with Crippen molar-refractivity contribution in [3.8, 4) is 22.1 Å². The average Bonchev–Trinajstić information content (AvgIpc) is 3.24. The summed E-state index contributed by atoms with van der Waals surface area (Å²) in [6, 6.07) is 12.2. The van der Waals surface area contributed by atoms with Crippen LogP contribution in [0.4, 0.5) is 4.39 Å². The second-order valence-corrected chi connectivity index (χ2v) is 7.74. The van der Waals surface area contributed by atoms with Crippen LogP contribution in [0.2, 0.25) is 0 Å². The molecule has 140 valence electrons. The Morgan fingerprint density at radius 3 is 2.82 bits per heavy atom. The van der Waals surface area contributed by atoms with Gasteiger partial charge >= 0.3 is 0 Å². The van der Waals surface area contributed by atoms with Crippen LogP contribution in [0.5, 0.6) is 0 Å². The molecule has 4 aromatic rings. The van der Waals surface area contributed by atoms with Gasteiger partial charge in [0.1, 0.15) is 5.82 Å². The first kappa shape index (κ1) is 17.0. The van der Waals surface area contributed by atoms with Gasteiger partial charge in [0.2, 0.25) is 0 Å². The molecule has 1 saturated carbocycles. The summed E-state index contributed by atoms with van der Waals surface area (Å²) in [5.74, 6) is 1.00. The quantitative estimate of drug-likeness (QED) is 0.559. The molecule has 1 aliphatic carbocycles. The third-order valence-corrected chi connectivity index (χ3v) is 5.62. The molecule has 0 bridgehead atoms. The first-order valence-electron chi connectivity index (χ1n) is 9.01. The Morgan fingerprint density at radius 1 is 1.21 bits per heavy atom. The van der Waals surface area contributed by atoms with Gasteiger partial charge in [0.25, 0.3) is 5.56 Å². The summed E-state index contributed by atoms with van der Waals surface area (Å²) in [5, 5.41) is 13.2. The van der Waals surface area contributed by atoms with Gasteiger partial charge in [-0.05, 0) is 36.4 Å². The van der Waals surface area contributed by atoms with E-state index in [1.165, 1.54) is 17.4 Å². The van der Waals surface area contributed by atoms with E-state index in [1.54, 1.807) is 28.9 Å². The lowest BCUT2D eigenvalue weighted by atomic mass is 10.2. The molecule has 3 heterocycles. The van der Waals surface area contributed by atoms with Crippen LogP contribution in [0.1, 0.15) is 30.0 Å². The molecule has 0 saturated heterocycles. The zero-order chi connectivity index (χ0) is 19.1. The van der Waals surface area contributed by atoms with Crippen LogP contribution in [-0.2, 0) is 6.54 Å². The minimum atomic E-state index is -0.329. The zero-order valence-electron chi connectivity index (χ0n) is 14.8. The monoisotopic (exact) mass is 393 g/mol. The first-order valence-corrected chi connectivity index (χ1v) is 9.89. The Bertz CT molecular complexity index is 1190. The van der Waals surface area contributed by atoms with Crippen LogP contribution in [0, 0.1) is 5.82 Å². The number of aromatic nitrogens is 5. The van der Waals surface area contributed by atoms with Crippen LogP contribution < -0.4 is 5.56 Å². The lowest BCUT2D eigenvalue weighted by Crippen LogP contribution is -2.16. The number of hydrogen-bond acceptors (Lipinski definition) is 5. The van der Waals surface area contributed by atoms with E-state index in [0.717, 1.165) is 23.4 Å². The molecule has 8 heteroatoms. The molecule has 3 aromatic heterocycles. The van der Waals surface area contributed by atoms with E-state index in [0.29, 0.717) is 28.7 Å². The Labute approximate surface area is 163 Å². The molecule has 0 spiro atoms. The number of hydrogen-bond donors (Lipinski definition) is 1. The number of halogens is 1. The first-order chi connectivity index (χ1) is 13.7. The summed E-state index contributed by atoms with van der Waals surface area (Å²) in [5.41, 5.74) is 1.42. The van der Waals surface area contributed by atoms with Crippen molar-refractivity contribution in [1.82, 2.24) is 25.0 Å². The van der Waals surface area contributed by atoms with Crippen molar-refractivity contribution in [2.75, 3.05) is 0 Å². The fourth-order valence-corrected chi connectivity index (χ4v) is 3.78. The smallest absolute Gasteiger partial charge is 0.267 e. The largest absolute Gasteiger partial charge is 0.275 e. The summed E-state index contributed by atoms with van der Waals surface area (Å²) in [4.78, 5) is 18.0. The summed E-state index contributed by atoms with van der Waals surface area (Å²) in [6.45, 7) is 0.181. The molecule has 0 amide bonds. The van der Waals surface area contributed by atoms with E-state index in [2.05, 4.69) is 20.3 Å². The van der Waals surface area contributed by atoms with Gasteiger partial charge in [0.15, 0.2) is 11.6 Å². The number of aromatic amines is 1. The van der Waals surface area contributed by atoms with Crippen molar-refractivity contribution in [2.24, 2.45) is 0 Å². The molecule has 1 fully saturated rings. The molecule has 0 radical (unpaired) electrons. The van der Waals surface area contributed by atoms with E-state index in [4.69, 9.17) is 0 Å². The van der Waals surface area contributed by atoms with E-state index < -0.39 is 0 Å². The lowest BCUT2D eigenvalue weighted by molar-refractivity contribution is 0.587. The predicted octanol–water partition coefficient (Wildman–Crippen LogP) is 3.82. The fraction of sp³-hybridized carbons (Fsp3) is 0.200. The van der Waals surface area contributed by atoms with Gasteiger partial charge in [-0.25, -0.2) is 19.2 Å². The summed E-state index contributed by atoms with van der Waals surface area (Å²) in [7, 11) is 0. The zero-order valence-corrected chi connectivity index (χ0v) is 15.6. The van der Waals surface area contributed by atoms with Crippen molar-refractivity contribution in [2.45, 2.75) is 25.3 Å². The third-order valence-electron chi connectivity index (χ3n) is 4.75. The average molecular weight is 393 g/mol. The molecular formula is C20H16FN5OS. The number of nitrogens with one attached hydrogen (secondary N) is 1. The molecule has 6 nitrogen and oxygen atoms in total. The van der Waals surface area contributed by atoms with Gasteiger partial charge in [-0.3, -0.25) is 4.79 Å². The van der Waals surface area contributed by atoms with Crippen LogP contribution in [0.3, 0.4) is 0 Å². The molecule has 5 rings (SSSR count). The highest BCUT2D eigenvalue weighted by molar-refractivity contribution is 7.13. The molecule has 0 aliphatic heterocycles. The topological polar surface area (TPSA) is 76.5 Å². The predicted molar refractivity (Wildman–Crippen MR) is 105 cm³/mol. The maximum Gasteiger partial charge on any atom is 0.275 e. The number of rotatable bonds is 5. The standard InChI is InChI=1S/C20H16FN5OS/c21-15-5-2-1-4-13(15)11-26-19(22-18(25-26)17-6-3-9-28-17)14-10-16(12-7-8-12)23-24-20(14)27/h1-6,9-10,12H,7-8,11H2,(H,24,27). The minimum absolute atomic E-state index is 0.181. The Morgan fingerprint density at radius 2 is 2.07 bits per heavy atom. The molecule has 1 aliphatic rings. The van der Waals surface area contributed by atoms with E-state index in [9.17, 15) is 9.18 Å². The number of H-pyrrole nitrogens is 1. The van der Waals surface area contributed by atoms with Gasteiger partial charge < -0.3 is 0 Å². The Kier molecular flexibility index (Phi) is 4.12. The van der Waals surface area contributed by atoms with Crippen molar-refractivity contribution in [3.05, 3.63) is 75.3 Å². The van der Waals surface area contributed by atoms with Gasteiger partial charge in [-0.1, -0.05) is 24.3 Å². The highest BCUT2D eigenvalue weighted by atomic mass is 32.1. The normalized spacial score (nSPS) is 13.8. The van der Waals surface area contributed by atoms with E-state index in [1.807, 2.05) is 17.5 Å². The molecule has 1 aromatic carbocycles. The second-order valence-electron chi connectivity index (χ2n) is 6.80. The van der Waals surface area contributed by atoms with Gasteiger partial charge in [0.05, 0.1) is 22.7 Å². The number of nitrogens with zero attached hydrogens (tertiary/aromatic N) is 4. The second kappa shape index (κ2) is 6.79. The van der Waals surface area contributed by atoms with Crippen molar-refractivity contribution in [3.63, 3.8) is 0 Å². The highest BCUT2D eigenvalue weighted by Crippen LogP contribution is 2.39. The Balaban J connectivity index is 1.65. The molecule has 0 atom stereocenters. The molecule has 0 unspecified atom stereocenters. The molecule has 1 N–H and O–H groups in total. The molecule has 28 heavy (non-hydrogen) atoms. The van der Waals surface area contributed by atoms with Gasteiger partial charge in [-0.2, -0.15) is 5.10 Å². The van der Waals surface area contributed by atoms with Crippen LogP contribution in [0.25, 0.3) is 22.1 Å². The fourth-order valence-electron chi connectivity index (χ4n) is 3.13. The summed E-state index contributed by atoms with van der Waals surface area (Å²) < 4.78 is 15.8. The number of thiophene rings is 1.